The molecule has 1 aromatic heterocycles. The summed E-state index contributed by atoms with van der Waals surface area (Å²) in [6, 6.07) is 7.39. The maximum absolute atomic E-state index is 8.30. The number of aryl methyl sites for hydroxylation is 1. The zero-order chi connectivity index (χ0) is 11.4. The lowest BCUT2D eigenvalue weighted by molar-refractivity contribution is 0.891. The van der Waals surface area contributed by atoms with Gasteiger partial charge in [0.15, 0.2) is 0 Å². The van der Waals surface area contributed by atoms with Crippen LogP contribution in [0.2, 0.25) is 0 Å². The van der Waals surface area contributed by atoms with Crippen molar-refractivity contribution >= 4 is 5.69 Å². The van der Waals surface area contributed by atoms with E-state index in [-0.39, 0.29) is 0 Å². The van der Waals surface area contributed by atoms with Crippen molar-refractivity contribution in [3.63, 3.8) is 0 Å². The van der Waals surface area contributed by atoms with Crippen molar-refractivity contribution in [1.29, 1.82) is 0 Å². The number of aromatic nitrogens is 2. The fourth-order valence-electron chi connectivity index (χ4n) is 1.56. The van der Waals surface area contributed by atoms with Gasteiger partial charge in [-0.1, -0.05) is 24.2 Å². The quantitative estimate of drug-likeness (QED) is 0.438. The molecule has 0 aliphatic carbocycles. The molecule has 0 unspecified atom stereocenters. The number of hydrogen-bond donors (Lipinski definition) is 0. The average Bonchev–Trinajstić information content (AvgIpc) is 2.78. The molecule has 80 valence electrons. The summed E-state index contributed by atoms with van der Waals surface area (Å²) in [5.74, 6) is 1.01. The first-order valence-electron chi connectivity index (χ1n) is 5.03. The topological polar surface area (TPSA) is 66.6 Å². The van der Waals surface area contributed by atoms with Gasteiger partial charge in [-0.3, -0.25) is 0 Å². The summed E-state index contributed by atoms with van der Waals surface area (Å²) in [5.41, 5.74) is 9.93. The number of nitrogens with zero attached hydrogens (tertiary/aromatic N) is 5. The molecule has 0 amide bonds. The Balaban J connectivity index is 2.38. The van der Waals surface area contributed by atoms with E-state index in [9.17, 15) is 0 Å². The normalized spacial score (nSPS) is 9.81. The summed E-state index contributed by atoms with van der Waals surface area (Å²) in [6.07, 6.45) is 4.58. The Labute approximate surface area is 93.0 Å². The summed E-state index contributed by atoms with van der Waals surface area (Å²) in [4.78, 5) is 6.99. The molecular formula is C11H11N5. The van der Waals surface area contributed by atoms with E-state index in [1.807, 2.05) is 22.9 Å². The molecule has 2 rings (SSSR count). The van der Waals surface area contributed by atoms with Crippen LogP contribution >= 0.6 is 0 Å². The maximum atomic E-state index is 8.30. The summed E-state index contributed by atoms with van der Waals surface area (Å²) in [6.45, 7) is 2.06. The molecule has 1 heterocycles. The Hall–Kier alpha value is -2.26. The van der Waals surface area contributed by atoms with Crippen LogP contribution < -0.4 is 0 Å². The standard InChI is InChI=1S/C11H11N5/c1-2-11-13-7-8-16(11)10-5-3-9(4-6-10)14-15-12/h3-8H,2H2,1H3. The summed E-state index contributed by atoms with van der Waals surface area (Å²) in [5, 5.41) is 3.53. The highest BCUT2D eigenvalue weighted by Gasteiger charge is 2.01. The summed E-state index contributed by atoms with van der Waals surface area (Å²) < 4.78 is 2.01. The first kappa shape index (κ1) is 10.3. The van der Waals surface area contributed by atoms with E-state index in [1.165, 1.54) is 0 Å². The molecule has 0 saturated heterocycles. The van der Waals surface area contributed by atoms with Crippen molar-refractivity contribution in [3.8, 4) is 5.69 Å². The second kappa shape index (κ2) is 4.51. The monoisotopic (exact) mass is 213 g/mol. The number of hydrogen-bond acceptors (Lipinski definition) is 2. The second-order valence-corrected chi connectivity index (χ2v) is 3.27. The maximum Gasteiger partial charge on any atom is 0.112 e. The minimum absolute atomic E-state index is 0.615. The molecule has 0 atom stereocenters. The highest BCUT2D eigenvalue weighted by Crippen LogP contribution is 2.17. The zero-order valence-electron chi connectivity index (χ0n) is 8.91. The highest BCUT2D eigenvalue weighted by molar-refractivity contribution is 5.44. The van der Waals surface area contributed by atoms with Gasteiger partial charge in [-0.05, 0) is 17.7 Å². The predicted molar refractivity (Wildman–Crippen MR) is 61.7 cm³/mol. The van der Waals surface area contributed by atoms with Crippen molar-refractivity contribution in [1.82, 2.24) is 9.55 Å². The molecule has 0 fully saturated rings. The van der Waals surface area contributed by atoms with Gasteiger partial charge in [0.05, 0.1) is 0 Å². The lowest BCUT2D eigenvalue weighted by atomic mass is 10.3. The second-order valence-electron chi connectivity index (χ2n) is 3.27. The van der Waals surface area contributed by atoms with E-state index in [2.05, 4.69) is 21.9 Å². The third kappa shape index (κ3) is 1.89. The molecule has 0 N–H and O–H groups in total. The number of azide groups is 1. The Morgan fingerprint density at radius 1 is 1.38 bits per heavy atom. The van der Waals surface area contributed by atoms with Crippen LogP contribution in [0.3, 0.4) is 0 Å². The molecule has 5 heteroatoms. The number of benzene rings is 1. The van der Waals surface area contributed by atoms with Crippen molar-refractivity contribution in [2.45, 2.75) is 13.3 Å². The van der Waals surface area contributed by atoms with Gasteiger partial charge in [0.2, 0.25) is 0 Å². The number of imidazole rings is 1. The van der Waals surface area contributed by atoms with Crippen LogP contribution in [0.4, 0.5) is 5.69 Å². The van der Waals surface area contributed by atoms with Crippen LogP contribution in [0.25, 0.3) is 16.1 Å². The van der Waals surface area contributed by atoms with E-state index in [1.54, 1.807) is 18.3 Å². The minimum atomic E-state index is 0.615. The highest BCUT2D eigenvalue weighted by atomic mass is 15.1. The van der Waals surface area contributed by atoms with Crippen molar-refractivity contribution in [3.05, 3.63) is 52.9 Å². The van der Waals surface area contributed by atoms with E-state index < -0.39 is 0 Å². The van der Waals surface area contributed by atoms with Gasteiger partial charge in [0.25, 0.3) is 0 Å². The van der Waals surface area contributed by atoms with Crippen LogP contribution in [0.5, 0.6) is 0 Å². The first-order chi connectivity index (χ1) is 7.85. The SMILES string of the molecule is CCc1nccn1-c1ccc(N=[N+]=[N-])cc1. The minimum Gasteiger partial charge on any atom is -0.304 e. The lowest BCUT2D eigenvalue weighted by Crippen LogP contribution is -1.98. The molecular weight excluding hydrogens is 202 g/mol. The van der Waals surface area contributed by atoms with Crippen LogP contribution in [-0.2, 0) is 6.42 Å². The van der Waals surface area contributed by atoms with Gasteiger partial charge < -0.3 is 4.57 Å². The third-order valence-corrected chi connectivity index (χ3v) is 2.32. The third-order valence-electron chi connectivity index (χ3n) is 2.32. The predicted octanol–water partition coefficient (Wildman–Crippen LogP) is 3.38. The van der Waals surface area contributed by atoms with Gasteiger partial charge >= 0.3 is 0 Å². The van der Waals surface area contributed by atoms with Crippen molar-refractivity contribution < 1.29 is 0 Å². The largest absolute Gasteiger partial charge is 0.304 e. The Bertz CT molecular complexity index is 520. The van der Waals surface area contributed by atoms with Gasteiger partial charge in [-0.25, -0.2) is 4.98 Å². The Morgan fingerprint density at radius 2 is 2.12 bits per heavy atom. The van der Waals surface area contributed by atoms with Gasteiger partial charge in [-0.15, -0.1) is 0 Å². The molecule has 16 heavy (non-hydrogen) atoms. The molecule has 0 aliphatic rings. The van der Waals surface area contributed by atoms with Crippen molar-refractivity contribution in [2.24, 2.45) is 5.11 Å². The van der Waals surface area contributed by atoms with Gasteiger partial charge in [0, 0.05) is 35.1 Å². The molecule has 2 aromatic rings. The Morgan fingerprint density at radius 3 is 2.75 bits per heavy atom. The Kier molecular flexibility index (Phi) is 2.89. The smallest absolute Gasteiger partial charge is 0.112 e. The molecule has 1 aromatic carbocycles. The molecule has 0 spiro atoms. The van der Waals surface area contributed by atoms with Crippen LogP contribution in [0.15, 0.2) is 41.8 Å². The number of rotatable bonds is 3. The van der Waals surface area contributed by atoms with Crippen LogP contribution in [0.1, 0.15) is 12.7 Å². The van der Waals surface area contributed by atoms with E-state index >= 15 is 0 Å². The summed E-state index contributed by atoms with van der Waals surface area (Å²) in [7, 11) is 0. The summed E-state index contributed by atoms with van der Waals surface area (Å²) >= 11 is 0. The van der Waals surface area contributed by atoms with Gasteiger partial charge in [-0.2, -0.15) is 0 Å². The lowest BCUT2D eigenvalue weighted by Gasteiger charge is -2.06. The van der Waals surface area contributed by atoms with Crippen LogP contribution in [0, 0.1) is 0 Å². The first-order valence-corrected chi connectivity index (χ1v) is 5.03. The molecule has 5 nitrogen and oxygen atoms in total. The zero-order valence-corrected chi connectivity index (χ0v) is 8.91. The van der Waals surface area contributed by atoms with Gasteiger partial charge in [0.1, 0.15) is 5.82 Å². The van der Waals surface area contributed by atoms with Crippen LogP contribution in [-0.4, -0.2) is 9.55 Å². The molecule has 0 bridgehead atoms. The average molecular weight is 213 g/mol. The van der Waals surface area contributed by atoms with E-state index in [0.29, 0.717) is 5.69 Å². The molecule has 0 aliphatic heterocycles. The fraction of sp³-hybridized carbons (Fsp3) is 0.182. The van der Waals surface area contributed by atoms with E-state index in [4.69, 9.17) is 5.53 Å². The fourth-order valence-corrected chi connectivity index (χ4v) is 1.56. The molecule has 0 saturated carbocycles. The molecule has 0 radical (unpaired) electrons. The van der Waals surface area contributed by atoms with Crippen molar-refractivity contribution in [2.75, 3.05) is 0 Å². The van der Waals surface area contributed by atoms with E-state index in [0.717, 1.165) is 17.9 Å².